The molecular formula is C19H21N3O2. The van der Waals surface area contributed by atoms with E-state index < -0.39 is 0 Å². The summed E-state index contributed by atoms with van der Waals surface area (Å²) in [4.78, 5) is 17.1. The van der Waals surface area contributed by atoms with Crippen molar-refractivity contribution in [1.29, 1.82) is 0 Å². The van der Waals surface area contributed by atoms with Crippen LogP contribution in [0.25, 0.3) is 11.0 Å². The predicted molar refractivity (Wildman–Crippen MR) is 95.8 cm³/mol. The molecule has 1 amide bonds. The third-order valence-electron chi connectivity index (χ3n) is 3.97. The molecule has 1 heterocycles. The van der Waals surface area contributed by atoms with Crippen molar-refractivity contribution in [1.82, 2.24) is 9.55 Å². The molecule has 0 saturated heterocycles. The van der Waals surface area contributed by atoms with E-state index >= 15 is 0 Å². The van der Waals surface area contributed by atoms with Crippen molar-refractivity contribution < 1.29 is 9.53 Å². The fraction of sp³-hybridized carbons (Fsp3) is 0.263. The van der Waals surface area contributed by atoms with Gasteiger partial charge in [0.05, 0.1) is 18.1 Å². The molecule has 3 rings (SSSR count). The standard InChI is InChI=1S/C19H21N3O2/c1-12(2)22-13(3)20-17-10-14(8-9-18(17)22)19(23)21-15-6-5-7-16(11-15)24-4/h5-12H,1-4H3,(H,21,23). The molecule has 1 N–H and O–H groups in total. The maximum Gasteiger partial charge on any atom is 0.255 e. The fourth-order valence-corrected chi connectivity index (χ4v) is 2.92. The van der Waals surface area contributed by atoms with E-state index in [1.54, 1.807) is 13.2 Å². The minimum absolute atomic E-state index is 0.165. The Morgan fingerprint density at radius 1 is 1.21 bits per heavy atom. The van der Waals surface area contributed by atoms with E-state index in [2.05, 4.69) is 28.7 Å². The number of carbonyl (C=O) groups is 1. The lowest BCUT2D eigenvalue weighted by molar-refractivity contribution is 0.102. The summed E-state index contributed by atoms with van der Waals surface area (Å²) in [6.45, 7) is 6.23. The largest absolute Gasteiger partial charge is 0.497 e. The van der Waals surface area contributed by atoms with Gasteiger partial charge in [0.25, 0.3) is 5.91 Å². The summed E-state index contributed by atoms with van der Waals surface area (Å²) in [7, 11) is 1.60. The zero-order chi connectivity index (χ0) is 17.3. The van der Waals surface area contributed by atoms with E-state index in [-0.39, 0.29) is 5.91 Å². The molecule has 0 fully saturated rings. The summed E-state index contributed by atoms with van der Waals surface area (Å²) in [6.07, 6.45) is 0. The van der Waals surface area contributed by atoms with Crippen LogP contribution in [0.5, 0.6) is 5.75 Å². The Morgan fingerprint density at radius 2 is 2.00 bits per heavy atom. The number of nitrogens with one attached hydrogen (secondary N) is 1. The second kappa shape index (κ2) is 6.35. The first kappa shape index (κ1) is 16.1. The number of benzene rings is 2. The normalized spacial score (nSPS) is 11.0. The monoisotopic (exact) mass is 323 g/mol. The molecule has 0 saturated carbocycles. The molecular weight excluding hydrogens is 302 g/mol. The van der Waals surface area contributed by atoms with Crippen molar-refractivity contribution in [3.63, 3.8) is 0 Å². The van der Waals surface area contributed by atoms with Gasteiger partial charge < -0.3 is 14.6 Å². The summed E-state index contributed by atoms with van der Waals surface area (Å²) < 4.78 is 7.34. The van der Waals surface area contributed by atoms with Crippen molar-refractivity contribution >= 4 is 22.6 Å². The lowest BCUT2D eigenvalue weighted by Gasteiger charge is -2.11. The minimum Gasteiger partial charge on any atom is -0.497 e. The molecule has 3 aromatic rings. The van der Waals surface area contributed by atoms with Gasteiger partial charge in [-0.15, -0.1) is 0 Å². The van der Waals surface area contributed by atoms with Gasteiger partial charge in [-0.25, -0.2) is 4.98 Å². The van der Waals surface area contributed by atoms with Gasteiger partial charge in [0, 0.05) is 23.4 Å². The summed E-state index contributed by atoms with van der Waals surface area (Å²) in [6, 6.07) is 13.2. The van der Waals surface area contributed by atoms with E-state index in [1.807, 2.05) is 43.3 Å². The minimum atomic E-state index is -0.165. The van der Waals surface area contributed by atoms with E-state index in [0.29, 0.717) is 23.0 Å². The lowest BCUT2D eigenvalue weighted by atomic mass is 10.1. The van der Waals surface area contributed by atoms with Gasteiger partial charge in [-0.1, -0.05) is 6.07 Å². The van der Waals surface area contributed by atoms with Crippen LogP contribution in [0.4, 0.5) is 5.69 Å². The number of aryl methyl sites for hydroxylation is 1. The summed E-state index contributed by atoms with van der Waals surface area (Å²) in [5, 5.41) is 2.89. The number of methoxy groups -OCH3 is 1. The molecule has 0 spiro atoms. The molecule has 124 valence electrons. The number of amides is 1. The molecule has 0 aliphatic rings. The maximum atomic E-state index is 12.5. The average molecular weight is 323 g/mol. The number of anilines is 1. The van der Waals surface area contributed by atoms with Crippen LogP contribution in [-0.4, -0.2) is 22.6 Å². The van der Waals surface area contributed by atoms with Crippen LogP contribution >= 0.6 is 0 Å². The predicted octanol–water partition coefficient (Wildman–Crippen LogP) is 4.19. The van der Waals surface area contributed by atoms with Crippen LogP contribution in [0.2, 0.25) is 0 Å². The van der Waals surface area contributed by atoms with Gasteiger partial charge in [0.2, 0.25) is 0 Å². The number of imidazole rings is 1. The molecule has 0 aliphatic carbocycles. The molecule has 24 heavy (non-hydrogen) atoms. The molecule has 2 aromatic carbocycles. The number of carbonyl (C=O) groups excluding carboxylic acids is 1. The van der Waals surface area contributed by atoms with Crippen molar-refractivity contribution in [2.24, 2.45) is 0 Å². The molecule has 5 nitrogen and oxygen atoms in total. The Hall–Kier alpha value is -2.82. The Morgan fingerprint density at radius 3 is 2.71 bits per heavy atom. The molecule has 0 bridgehead atoms. The number of hydrogen-bond acceptors (Lipinski definition) is 3. The van der Waals surface area contributed by atoms with Crippen LogP contribution in [0.15, 0.2) is 42.5 Å². The van der Waals surface area contributed by atoms with Crippen LogP contribution in [0.3, 0.4) is 0 Å². The Balaban J connectivity index is 1.90. The highest BCUT2D eigenvalue weighted by molar-refractivity contribution is 6.06. The van der Waals surface area contributed by atoms with E-state index in [0.717, 1.165) is 16.9 Å². The zero-order valence-corrected chi connectivity index (χ0v) is 14.3. The second-order valence-corrected chi connectivity index (χ2v) is 6.01. The molecule has 0 aliphatic heterocycles. The van der Waals surface area contributed by atoms with Crippen molar-refractivity contribution in [3.8, 4) is 5.75 Å². The quantitative estimate of drug-likeness (QED) is 0.783. The third-order valence-corrected chi connectivity index (χ3v) is 3.97. The van der Waals surface area contributed by atoms with Crippen molar-refractivity contribution in [3.05, 3.63) is 53.9 Å². The van der Waals surface area contributed by atoms with E-state index in [1.165, 1.54) is 0 Å². The zero-order valence-electron chi connectivity index (χ0n) is 14.3. The number of aromatic nitrogens is 2. The molecule has 0 unspecified atom stereocenters. The summed E-state index contributed by atoms with van der Waals surface area (Å²) >= 11 is 0. The molecule has 5 heteroatoms. The van der Waals surface area contributed by atoms with E-state index in [4.69, 9.17) is 4.74 Å². The second-order valence-electron chi connectivity index (χ2n) is 6.01. The van der Waals surface area contributed by atoms with Gasteiger partial charge in [-0.2, -0.15) is 0 Å². The summed E-state index contributed by atoms with van der Waals surface area (Å²) in [5.41, 5.74) is 3.15. The van der Waals surface area contributed by atoms with E-state index in [9.17, 15) is 4.79 Å². The highest BCUT2D eigenvalue weighted by Crippen LogP contribution is 2.23. The number of fused-ring (bicyclic) bond motifs is 1. The average Bonchev–Trinajstić information content (AvgIpc) is 2.89. The van der Waals surface area contributed by atoms with Crippen LogP contribution < -0.4 is 10.1 Å². The first-order valence-electron chi connectivity index (χ1n) is 7.93. The molecule has 1 aromatic heterocycles. The first-order chi connectivity index (χ1) is 11.5. The van der Waals surface area contributed by atoms with Gasteiger partial charge in [0.15, 0.2) is 0 Å². The third kappa shape index (κ3) is 2.97. The highest BCUT2D eigenvalue weighted by Gasteiger charge is 2.13. The van der Waals surface area contributed by atoms with Gasteiger partial charge >= 0.3 is 0 Å². The topological polar surface area (TPSA) is 56.1 Å². The van der Waals surface area contributed by atoms with Crippen LogP contribution in [0, 0.1) is 6.92 Å². The lowest BCUT2D eigenvalue weighted by Crippen LogP contribution is -2.11. The first-order valence-corrected chi connectivity index (χ1v) is 7.93. The number of nitrogens with zero attached hydrogens (tertiary/aromatic N) is 2. The Bertz CT molecular complexity index is 897. The van der Waals surface area contributed by atoms with Crippen molar-refractivity contribution in [2.45, 2.75) is 26.8 Å². The Labute approximate surface area is 141 Å². The van der Waals surface area contributed by atoms with Gasteiger partial charge in [0.1, 0.15) is 11.6 Å². The smallest absolute Gasteiger partial charge is 0.255 e. The maximum absolute atomic E-state index is 12.5. The fourth-order valence-electron chi connectivity index (χ4n) is 2.92. The van der Waals surface area contributed by atoms with Crippen molar-refractivity contribution in [2.75, 3.05) is 12.4 Å². The van der Waals surface area contributed by atoms with Gasteiger partial charge in [-0.3, -0.25) is 4.79 Å². The number of hydrogen-bond donors (Lipinski definition) is 1. The molecule has 0 radical (unpaired) electrons. The van der Waals surface area contributed by atoms with Gasteiger partial charge in [-0.05, 0) is 51.1 Å². The summed E-state index contributed by atoms with van der Waals surface area (Å²) in [5.74, 6) is 1.49. The number of ether oxygens (including phenoxy) is 1. The molecule has 0 atom stereocenters. The Kier molecular flexibility index (Phi) is 4.25. The van der Waals surface area contributed by atoms with Crippen LogP contribution in [0.1, 0.15) is 36.1 Å². The van der Waals surface area contributed by atoms with Crippen LogP contribution in [-0.2, 0) is 0 Å². The number of rotatable bonds is 4. The highest BCUT2D eigenvalue weighted by atomic mass is 16.5. The SMILES string of the molecule is COc1cccc(NC(=O)c2ccc3c(c2)nc(C)n3C(C)C)c1.